The maximum atomic E-state index is 5.90. The molecule has 3 rings (SSSR count). The van der Waals surface area contributed by atoms with Crippen molar-refractivity contribution in [3.63, 3.8) is 0 Å². The van der Waals surface area contributed by atoms with E-state index in [1.165, 1.54) is 0 Å². The second-order valence-electron chi connectivity index (χ2n) is 5.04. The highest BCUT2D eigenvalue weighted by molar-refractivity contribution is 5.77. The Morgan fingerprint density at radius 1 is 1.47 bits per heavy atom. The monoisotopic (exact) mass is 260 g/mol. The third-order valence-corrected chi connectivity index (χ3v) is 3.92. The number of para-hydroxylation sites is 2. The van der Waals surface area contributed by atoms with Crippen LogP contribution in [0.25, 0.3) is 11.0 Å². The normalized spacial score (nSPS) is 24.0. The number of rotatable bonds is 3. The van der Waals surface area contributed by atoms with Gasteiger partial charge in [0.1, 0.15) is 0 Å². The summed E-state index contributed by atoms with van der Waals surface area (Å²) in [6, 6.07) is 8.38. The van der Waals surface area contributed by atoms with Crippen LogP contribution in [0.4, 0.5) is 5.95 Å². The summed E-state index contributed by atoms with van der Waals surface area (Å²) in [6.45, 7) is 1.55. The molecular weight excluding hydrogens is 240 g/mol. The number of aromatic nitrogens is 2. The fraction of sp³-hybridized carbons (Fsp3) is 0.500. The number of benzene rings is 1. The lowest BCUT2D eigenvalue weighted by molar-refractivity contribution is 0.0706. The van der Waals surface area contributed by atoms with E-state index in [-0.39, 0.29) is 0 Å². The number of aromatic amines is 1. The van der Waals surface area contributed by atoms with E-state index in [1.807, 2.05) is 24.3 Å². The Kier molecular flexibility index (Phi) is 3.40. The summed E-state index contributed by atoms with van der Waals surface area (Å²) >= 11 is 0. The Morgan fingerprint density at radius 3 is 3.05 bits per heavy atom. The topological polar surface area (TPSA) is 67.2 Å². The third-order valence-electron chi connectivity index (χ3n) is 3.92. The van der Waals surface area contributed by atoms with Gasteiger partial charge in [-0.25, -0.2) is 4.98 Å². The van der Waals surface area contributed by atoms with Crippen LogP contribution in [0, 0.1) is 0 Å². The number of anilines is 1. The zero-order chi connectivity index (χ0) is 13.2. The van der Waals surface area contributed by atoms with Gasteiger partial charge in [0.05, 0.1) is 17.1 Å². The molecule has 1 fully saturated rings. The molecule has 0 aliphatic carbocycles. The summed E-state index contributed by atoms with van der Waals surface area (Å²) in [6.07, 6.45) is 2.29. The first-order valence-electron chi connectivity index (χ1n) is 6.76. The quantitative estimate of drug-likeness (QED) is 0.877. The van der Waals surface area contributed by atoms with Gasteiger partial charge in [-0.05, 0) is 25.0 Å². The van der Waals surface area contributed by atoms with Crippen molar-refractivity contribution in [1.82, 2.24) is 9.97 Å². The second-order valence-corrected chi connectivity index (χ2v) is 5.04. The maximum absolute atomic E-state index is 5.90. The lowest BCUT2D eigenvalue weighted by Gasteiger charge is -2.38. The Morgan fingerprint density at radius 2 is 2.32 bits per heavy atom. The molecule has 1 saturated heterocycles. The number of ether oxygens (including phenoxy) is 1. The Bertz CT molecular complexity index is 520. The minimum Gasteiger partial charge on any atom is -0.381 e. The average Bonchev–Trinajstić information content (AvgIpc) is 2.90. The first-order valence-corrected chi connectivity index (χ1v) is 6.76. The number of nitrogens with two attached hydrogens (primary N) is 1. The van der Waals surface area contributed by atoms with Crippen LogP contribution in [-0.2, 0) is 4.74 Å². The number of nitrogens with zero attached hydrogens (tertiary/aromatic N) is 2. The van der Waals surface area contributed by atoms with Gasteiger partial charge in [0.15, 0.2) is 0 Å². The first-order chi connectivity index (χ1) is 9.31. The minimum absolute atomic E-state index is 0.291. The molecule has 0 bridgehead atoms. The lowest BCUT2D eigenvalue weighted by Crippen LogP contribution is -2.49. The van der Waals surface area contributed by atoms with E-state index < -0.39 is 0 Å². The average molecular weight is 260 g/mol. The van der Waals surface area contributed by atoms with Crippen LogP contribution >= 0.6 is 0 Å². The van der Waals surface area contributed by atoms with Crippen LogP contribution in [0.2, 0.25) is 0 Å². The number of nitrogens with one attached hydrogen (secondary N) is 1. The smallest absolute Gasteiger partial charge is 0.204 e. The van der Waals surface area contributed by atoms with Gasteiger partial charge in [0, 0.05) is 26.2 Å². The highest BCUT2D eigenvalue weighted by Gasteiger charge is 2.29. The van der Waals surface area contributed by atoms with E-state index in [0.29, 0.717) is 18.7 Å². The molecule has 0 spiro atoms. The molecule has 0 amide bonds. The zero-order valence-electron chi connectivity index (χ0n) is 11.2. The van der Waals surface area contributed by atoms with Gasteiger partial charge in [0.25, 0.3) is 0 Å². The molecule has 0 saturated carbocycles. The zero-order valence-corrected chi connectivity index (χ0v) is 11.2. The van der Waals surface area contributed by atoms with E-state index in [0.717, 1.165) is 36.4 Å². The Labute approximate surface area is 112 Å². The van der Waals surface area contributed by atoms with E-state index in [9.17, 15) is 0 Å². The summed E-state index contributed by atoms with van der Waals surface area (Å²) in [5.41, 5.74) is 7.98. The van der Waals surface area contributed by atoms with Crippen molar-refractivity contribution in [2.75, 3.05) is 25.1 Å². The molecule has 5 heteroatoms. The number of hydrogen-bond acceptors (Lipinski definition) is 4. The standard InChI is InChI=1S/C14H20N4O/c1-19-11-6-7-18(10(8-11)9-15)14-16-12-4-2-3-5-13(12)17-14/h2-5,10-11H,6-9,15H2,1H3,(H,16,17). The molecule has 2 unspecified atom stereocenters. The van der Waals surface area contributed by atoms with Crippen molar-refractivity contribution in [3.05, 3.63) is 24.3 Å². The fourth-order valence-electron chi connectivity index (χ4n) is 2.81. The van der Waals surface area contributed by atoms with Crippen molar-refractivity contribution in [1.29, 1.82) is 0 Å². The third kappa shape index (κ3) is 2.31. The second kappa shape index (κ2) is 5.19. The highest BCUT2D eigenvalue weighted by Crippen LogP contribution is 2.25. The number of hydrogen-bond donors (Lipinski definition) is 2. The van der Waals surface area contributed by atoms with Crippen LogP contribution in [0.5, 0.6) is 0 Å². The van der Waals surface area contributed by atoms with Crippen molar-refractivity contribution < 1.29 is 4.74 Å². The van der Waals surface area contributed by atoms with Crippen LogP contribution in [0.1, 0.15) is 12.8 Å². The van der Waals surface area contributed by atoms with Crippen molar-refractivity contribution in [2.45, 2.75) is 25.0 Å². The number of methoxy groups -OCH3 is 1. The Hall–Kier alpha value is -1.59. The van der Waals surface area contributed by atoms with Crippen LogP contribution in [0.15, 0.2) is 24.3 Å². The molecule has 2 heterocycles. The fourth-order valence-corrected chi connectivity index (χ4v) is 2.81. The van der Waals surface area contributed by atoms with Crippen LogP contribution in [0.3, 0.4) is 0 Å². The summed E-state index contributed by atoms with van der Waals surface area (Å²) in [7, 11) is 1.77. The van der Waals surface area contributed by atoms with E-state index in [1.54, 1.807) is 7.11 Å². The van der Waals surface area contributed by atoms with Crippen molar-refractivity contribution in [3.8, 4) is 0 Å². The van der Waals surface area contributed by atoms with E-state index >= 15 is 0 Å². The van der Waals surface area contributed by atoms with E-state index in [4.69, 9.17) is 10.5 Å². The number of imidazole rings is 1. The molecule has 102 valence electrons. The predicted molar refractivity (Wildman–Crippen MR) is 76.3 cm³/mol. The maximum Gasteiger partial charge on any atom is 0.204 e. The Balaban J connectivity index is 1.87. The van der Waals surface area contributed by atoms with Gasteiger partial charge in [-0.15, -0.1) is 0 Å². The molecule has 1 aromatic carbocycles. The summed E-state index contributed by atoms with van der Waals surface area (Å²) in [4.78, 5) is 10.3. The summed E-state index contributed by atoms with van der Waals surface area (Å²) in [5, 5.41) is 0. The molecule has 1 aliphatic rings. The summed E-state index contributed by atoms with van der Waals surface area (Å²) < 4.78 is 5.45. The summed E-state index contributed by atoms with van der Waals surface area (Å²) in [5.74, 6) is 0.922. The van der Waals surface area contributed by atoms with Gasteiger partial charge < -0.3 is 20.4 Å². The number of fused-ring (bicyclic) bond motifs is 1. The number of H-pyrrole nitrogens is 1. The highest BCUT2D eigenvalue weighted by atomic mass is 16.5. The van der Waals surface area contributed by atoms with Gasteiger partial charge in [-0.3, -0.25) is 0 Å². The van der Waals surface area contributed by atoms with Gasteiger partial charge in [0.2, 0.25) is 5.95 Å². The van der Waals surface area contributed by atoms with Crippen LogP contribution < -0.4 is 10.6 Å². The molecule has 1 aliphatic heterocycles. The van der Waals surface area contributed by atoms with Gasteiger partial charge >= 0.3 is 0 Å². The molecule has 19 heavy (non-hydrogen) atoms. The van der Waals surface area contributed by atoms with E-state index in [2.05, 4.69) is 14.9 Å². The van der Waals surface area contributed by atoms with Gasteiger partial charge in [-0.2, -0.15) is 0 Å². The molecule has 0 radical (unpaired) electrons. The minimum atomic E-state index is 0.291. The molecule has 2 aromatic rings. The molecule has 2 atom stereocenters. The largest absolute Gasteiger partial charge is 0.381 e. The van der Waals surface area contributed by atoms with Crippen molar-refractivity contribution >= 4 is 17.0 Å². The SMILES string of the molecule is COC1CCN(c2nc3ccccc3[nH]2)C(CN)C1. The lowest BCUT2D eigenvalue weighted by atomic mass is 10.00. The predicted octanol–water partition coefficient (Wildman–Crippen LogP) is 1.51. The van der Waals surface area contributed by atoms with Gasteiger partial charge in [-0.1, -0.05) is 12.1 Å². The molecule has 1 aromatic heterocycles. The first kappa shape index (κ1) is 12.4. The van der Waals surface area contributed by atoms with Crippen molar-refractivity contribution in [2.24, 2.45) is 5.73 Å². The molecule has 3 N–H and O–H groups in total. The van der Waals surface area contributed by atoms with Crippen LogP contribution in [-0.4, -0.2) is 42.3 Å². The number of piperidine rings is 1. The molecular formula is C14H20N4O. The molecule has 5 nitrogen and oxygen atoms in total.